The van der Waals surface area contributed by atoms with Crippen molar-refractivity contribution in [2.45, 2.75) is 18.8 Å². The van der Waals surface area contributed by atoms with Crippen LogP contribution in [-0.2, 0) is 0 Å². The molecule has 0 aliphatic heterocycles. The molecule has 0 unspecified atom stereocenters. The Hall–Kier alpha value is -0.360. The molecule has 0 aliphatic rings. The Kier molecular flexibility index (Phi) is 5.16. The fourth-order valence-electron chi connectivity index (χ4n) is 0.559. The van der Waals surface area contributed by atoms with Crippen LogP contribution in [0.15, 0.2) is 0 Å². The molecule has 0 aromatic heterocycles. The van der Waals surface area contributed by atoms with Crippen molar-refractivity contribution in [1.82, 2.24) is 5.32 Å². The Morgan fingerprint density at radius 2 is 1.92 bits per heavy atom. The average molecular weight is 188 g/mol. The van der Waals surface area contributed by atoms with Gasteiger partial charge in [-0.15, -0.1) is 0 Å². The molecule has 0 radical (unpaired) electrons. The fraction of sp³-hybridized carbons (Fsp3) is 1.00. The van der Waals surface area contributed by atoms with Crippen molar-refractivity contribution in [3.8, 4) is 0 Å². The Morgan fingerprint density at radius 3 is 2.33 bits per heavy atom. The normalized spacial score (nSPS) is 12.5. The molecular weight excluding hydrogens is 176 g/mol. The lowest BCUT2D eigenvalue weighted by Gasteiger charge is -2.15. The van der Waals surface area contributed by atoms with Gasteiger partial charge in [-0.3, -0.25) is 0 Å². The number of hydrogen-bond donors (Lipinski definition) is 2. The molecule has 74 valence electrons. The van der Waals surface area contributed by atoms with Gasteiger partial charge < -0.3 is 11.1 Å². The maximum atomic E-state index is 12.1. The monoisotopic (exact) mass is 188 g/mol. The summed E-state index contributed by atoms with van der Waals surface area (Å²) in [6.07, 6.45) is -3.11. The molecule has 6 heteroatoms. The molecule has 0 aliphatic carbocycles. The lowest BCUT2D eigenvalue weighted by molar-refractivity contribution is -0.125. The molecule has 3 N–H and O–H groups in total. The maximum Gasteiger partial charge on any atom is 0.319 e. The SMILES string of the molecule is NCCCNCC(F)(F)C(F)F. The predicted octanol–water partition coefficient (Wildman–Crippen LogP) is 0.825. The molecule has 0 aromatic carbocycles. The van der Waals surface area contributed by atoms with Gasteiger partial charge in [0.1, 0.15) is 0 Å². The molecule has 0 saturated heterocycles. The summed E-state index contributed by atoms with van der Waals surface area (Å²) in [5.41, 5.74) is 5.06. The van der Waals surface area contributed by atoms with E-state index >= 15 is 0 Å². The van der Waals surface area contributed by atoms with E-state index in [4.69, 9.17) is 5.73 Å². The second-order valence-electron chi connectivity index (χ2n) is 2.38. The highest BCUT2D eigenvalue weighted by molar-refractivity contribution is 4.71. The Labute approximate surface area is 68.1 Å². The number of halogens is 4. The third kappa shape index (κ3) is 4.50. The molecule has 0 spiro atoms. The van der Waals surface area contributed by atoms with Crippen molar-refractivity contribution in [2.75, 3.05) is 19.6 Å². The molecule has 0 aromatic rings. The summed E-state index contributed by atoms with van der Waals surface area (Å²) < 4.78 is 47.3. The lowest BCUT2D eigenvalue weighted by Crippen LogP contribution is -2.39. The Morgan fingerprint density at radius 1 is 1.33 bits per heavy atom. The highest BCUT2D eigenvalue weighted by Gasteiger charge is 2.39. The second kappa shape index (κ2) is 5.31. The van der Waals surface area contributed by atoms with Gasteiger partial charge in [-0.2, -0.15) is 8.78 Å². The molecule has 12 heavy (non-hydrogen) atoms. The fourth-order valence-corrected chi connectivity index (χ4v) is 0.559. The second-order valence-corrected chi connectivity index (χ2v) is 2.38. The van der Waals surface area contributed by atoms with Crippen LogP contribution in [0.4, 0.5) is 17.6 Å². The van der Waals surface area contributed by atoms with Crippen LogP contribution in [0.25, 0.3) is 0 Å². The minimum absolute atomic E-state index is 0.235. The van der Waals surface area contributed by atoms with Crippen molar-refractivity contribution in [1.29, 1.82) is 0 Å². The van der Waals surface area contributed by atoms with E-state index in [0.717, 1.165) is 0 Å². The van der Waals surface area contributed by atoms with E-state index in [1.54, 1.807) is 0 Å². The molecule has 0 amide bonds. The summed E-state index contributed by atoms with van der Waals surface area (Å²) in [5.74, 6) is -3.94. The summed E-state index contributed by atoms with van der Waals surface area (Å²) in [5, 5.41) is 2.20. The number of alkyl halides is 4. The van der Waals surface area contributed by atoms with Crippen molar-refractivity contribution in [2.24, 2.45) is 5.73 Å². The first-order valence-electron chi connectivity index (χ1n) is 3.57. The van der Waals surface area contributed by atoms with Crippen molar-refractivity contribution in [3.63, 3.8) is 0 Å². The van der Waals surface area contributed by atoms with E-state index in [9.17, 15) is 17.6 Å². The summed E-state index contributed by atoms with van der Waals surface area (Å²) in [6.45, 7) is -0.406. The first-order valence-corrected chi connectivity index (χ1v) is 3.57. The standard InChI is InChI=1S/C6H12F4N2/c7-5(8)6(9,10)4-12-3-1-2-11/h5,12H,1-4,11H2. The zero-order valence-corrected chi connectivity index (χ0v) is 6.49. The lowest BCUT2D eigenvalue weighted by atomic mass is 10.3. The molecule has 0 fully saturated rings. The van der Waals surface area contributed by atoms with Crippen LogP contribution in [0.5, 0.6) is 0 Å². The van der Waals surface area contributed by atoms with Crippen molar-refractivity contribution in [3.05, 3.63) is 0 Å². The summed E-state index contributed by atoms with van der Waals surface area (Å²) in [4.78, 5) is 0. The third-order valence-electron chi connectivity index (χ3n) is 1.24. The first-order chi connectivity index (χ1) is 5.50. The average Bonchev–Trinajstić information content (AvgIpc) is 1.98. The Bertz CT molecular complexity index is 118. The van der Waals surface area contributed by atoms with Gasteiger partial charge in [0.05, 0.1) is 6.54 Å². The van der Waals surface area contributed by atoms with Gasteiger partial charge in [0.15, 0.2) is 0 Å². The van der Waals surface area contributed by atoms with Gasteiger partial charge in [0.2, 0.25) is 0 Å². The highest BCUT2D eigenvalue weighted by Crippen LogP contribution is 2.21. The molecule has 2 nitrogen and oxygen atoms in total. The van der Waals surface area contributed by atoms with Crippen LogP contribution < -0.4 is 11.1 Å². The van der Waals surface area contributed by atoms with Crippen LogP contribution in [0.3, 0.4) is 0 Å². The van der Waals surface area contributed by atoms with Gasteiger partial charge >= 0.3 is 12.3 Å². The molecule has 0 atom stereocenters. The van der Waals surface area contributed by atoms with Crippen molar-refractivity contribution < 1.29 is 17.6 Å². The predicted molar refractivity (Wildman–Crippen MR) is 37.5 cm³/mol. The summed E-state index contributed by atoms with van der Waals surface area (Å²) in [6, 6.07) is 0. The van der Waals surface area contributed by atoms with Gasteiger partial charge in [0.25, 0.3) is 0 Å². The smallest absolute Gasteiger partial charge is 0.319 e. The van der Waals surface area contributed by atoms with E-state index in [1.165, 1.54) is 0 Å². The third-order valence-corrected chi connectivity index (χ3v) is 1.24. The van der Waals surface area contributed by atoms with Crippen molar-refractivity contribution >= 4 is 0 Å². The molecular formula is C6H12F4N2. The van der Waals surface area contributed by atoms with Crippen LogP contribution in [0.1, 0.15) is 6.42 Å². The van der Waals surface area contributed by atoms with E-state index < -0.39 is 18.9 Å². The maximum absolute atomic E-state index is 12.1. The Balaban J connectivity index is 3.47. The van der Waals surface area contributed by atoms with E-state index in [1.807, 2.05) is 0 Å². The zero-order valence-electron chi connectivity index (χ0n) is 6.49. The minimum atomic E-state index is -3.94. The van der Waals surface area contributed by atoms with Gasteiger partial charge in [-0.1, -0.05) is 0 Å². The summed E-state index contributed by atoms with van der Waals surface area (Å²) in [7, 11) is 0. The van der Waals surface area contributed by atoms with Crippen LogP contribution in [0, 0.1) is 0 Å². The topological polar surface area (TPSA) is 38.0 Å². The first kappa shape index (κ1) is 11.6. The quantitative estimate of drug-likeness (QED) is 0.478. The largest absolute Gasteiger partial charge is 0.330 e. The van der Waals surface area contributed by atoms with E-state index in [0.29, 0.717) is 13.0 Å². The molecule has 0 heterocycles. The van der Waals surface area contributed by atoms with E-state index in [2.05, 4.69) is 5.32 Å². The summed E-state index contributed by atoms with van der Waals surface area (Å²) >= 11 is 0. The molecule has 0 saturated carbocycles. The van der Waals surface area contributed by atoms with E-state index in [-0.39, 0.29) is 6.54 Å². The molecule has 0 rings (SSSR count). The van der Waals surface area contributed by atoms with Gasteiger partial charge in [0, 0.05) is 0 Å². The van der Waals surface area contributed by atoms with Crippen LogP contribution in [-0.4, -0.2) is 32.0 Å². The minimum Gasteiger partial charge on any atom is -0.330 e. The number of hydrogen-bond acceptors (Lipinski definition) is 2. The zero-order chi connectivity index (χ0) is 9.61. The number of rotatable bonds is 6. The van der Waals surface area contributed by atoms with Crippen LogP contribution >= 0.6 is 0 Å². The number of nitrogens with one attached hydrogen (secondary N) is 1. The highest BCUT2D eigenvalue weighted by atomic mass is 19.3. The molecule has 0 bridgehead atoms. The van der Waals surface area contributed by atoms with Crippen LogP contribution in [0.2, 0.25) is 0 Å². The number of nitrogens with two attached hydrogens (primary N) is 1. The van der Waals surface area contributed by atoms with Gasteiger partial charge in [-0.05, 0) is 19.5 Å². The van der Waals surface area contributed by atoms with Gasteiger partial charge in [-0.25, -0.2) is 8.78 Å².